The Hall–Kier alpha value is -7.42. The van der Waals surface area contributed by atoms with Gasteiger partial charge in [0.15, 0.2) is 11.4 Å². The standard InChI is InChI=1S/C48H38N4O4/c1-47(2,33-9-17-37(53)18-10-33)35-13-25-41(26-14-35)55-39-21-5-31(6-22-39)45-46(52-44(30-50)43(29-49)51-45)32-7-23-40(24-8-32)56-42-27-15-36(16-28-42)48(3,4)34-11-19-38(54)20-12-34/h5-28,53-54H,1-4H3. The minimum atomic E-state index is -0.274. The molecule has 0 aliphatic heterocycles. The lowest BCUT2D eigenvalue weighted by Gasteiger charge is -2.26. The van der Waals surface area contributed by atoms with Gasteiger partial charge in [0, 0.05) is 22.0 Å². The number of hydrogen-bond acceptors (Lipinski definition) is 8. The van der Waals surface area contributed by atoms with E-state index in [1.807, 2.05) is 133 Å². The molecule has 0 unspecified atom stereocenters. The van der Waals surface area contributed by atoms with Crippen LogP contribution in [-0.4, -0.2) is 20.2 Å². The van der Waals surface area contributed by atoms with Crippen molar-refractivity contribution in [1.29, 1.82) is 10.5 Å². The first-order valence-electron chi connectivity index (χ1n) is 18.0. The lowest BCUT2D eigenvalue weighted by Crippen LogP contribution is -2.18. The van der Waals surface area contributed by atoms with Crippen LogP contribution in [-0.2, 0) is 10.8 Å². The fourth-order valence-electron chi connectivity index (χ4n) is 6.60. The highest BCUT2D eigenvalue weighted by molar-refractivity contribution is 5.79. The van der Waals surface area contributed by atoms with Crippen LogP contribution in [0, 0.1) is 22.7 Å². The first kappa shape index (κ1) is 36.9. The average Bonchev–Trinajstić information content (AvgIpc) is 3.22. The number of aromatic hydroxyl groups is 2. The molecule has 0 fully saturated rings. The highest BCUT2D eigenvalue weighted by Crippen LogP contribution is 2.37. The second kappa shape index (κ2) is 15.1. The molecule has 274 valence electrons. The Morgan fingerprint density at radius 1 is 0.411 bits per heavy atom. The monoisotopic (exact) mass is 734 g/mol. The Morgan fingerprint density at radius 2 is 0.661 bits per heavy atom. The van der Waals surface area contributed by atoms with E-state index in [4.69, 9.17) is 9.47 Å². The molecule has 7 rings (SSSR count). The van der Waals surface area contributed by atoms with Gasteiger partial charge in [-0.3, -0.25) is 0 Å². The van der Waals surface area contributed by atoms with Crippen molar-refractivity contribution in [2.45, 2.75) is 38.5 Å². The zero-order chi connectivity index (χ0) is 39.5. The molecule has 8 nitrogen and oxygen atoms in total. The van der Waals surface area contributed by atoms with Crippen LogP contribution in [0.25, 0.3) is 22.5 Å². The molecular formula is C48H38N4O4. The van der Waals surface area contributed by atoms with E-state index in [-0.39, 0.29) is 33.7 Å². The van der Waals surface area contributed by atoms with Gasteiger partial charge in [-0.15, -0.1) is 0 Å². The van der Waals surface area contributed by atoms with Crippen LogP contribution < -0.4 is 9.47 Å². The summed E-state index contributed by atoms with van der Waals surface area (Å²) >= 11 is 0. The van der Waals surface area contributed by atoms with Gasteiger partial charge in [-0.05, 0) is 119 Å². The molecule has 8 heteroatoms. The number of nitriles is 2. The highest BCUT2D eigenvalue weighted by Gasteiger charge is 2.24. The average molecular weight is 735 g/mol. The topological polar surface area (TPSA) is 132 Å². The fraction of sp³-hybridized carbons (Fsp3) is 0.125. The molecular weight excluding hydrogens is 697 g/mol. The molecule has 2 N–H and O–H groups in total. The van der Waals surface area contributed by atoms with E-state index in [1.54, 1.807) is 24.3 Å². The van der Waals surface area contributed by atoms with Crippen molar-refractivity contribution >= 4 is 0 Å². The Labute approximate surface area is 326 Å². The molecule has 6 aromatic carbocycles. The van der Waals surface area contributed by atoms with Gasteiger partial charge in [0.1, 0.15) is 46.6 Å². The fourth-order valence-corrected chi connectivity index (χ4v) is 6.60. The third kappa shape index (κ3) is 7.64. The maximum absolute atomic E-state index is 9.78. The molecule has 56 heavy (non-hydrogen) atoms. The molecule has 0 saturated heterocycles. The van der Waals surface area contributed by atoms with Gasteiger partial charge in [0.25, 0.3) is 0 Å². The largest absolute Gasteiger partial charge is 0.508 e. The second-order valence-corrected chi connectivity index (χ2v) is 14.5. The summed E-state index contributed by atoms with van der Waals surface area (Å²) in [4.78, 5) is 9.17. The van der Waals surface area contributed by atoms with E-state index in [9.17, 15) is 20.7 Å². The zero-order valence-corrected chi connectivity index (χ0v) is 31.4. The van der Waals surface area contributed by atoms with E-state index < -0.39 is 0 Å². The van der Waals surface area contributed by atoms with Gasteiger partial charge >= 0.3 is 0 Å². The Bertz CT molecular complexity index is 2380. The molecule has 0 amide bonds. The maximum Gasteiger partial charge on any atom is 0.177 e. The Kier molecular flexibility index (Phi) is 9.98. The van der Waals surface area contributed by atoms with Crippen molar-refractivity contribution in [2.24, 2.45) is 0 Å². The summed E-state index contributed by atoms with van der Waals surface area (Å²) in [5.74, 6) is 3.04. The summed E-state index contributed by atoms with van der Waals surface area (Å²) in [6.45, 7) is 8.54. The molecule has 1 aromatic heterocycles. The predicted octanol–water partition coefficient (Wildman–Crippen LogP) is 11.2. The molecule has 0 aliphatic carbocycles. The van der Waals surface area contributed by atoms with Gasteiger partial charge in [0.05, 0.1) is 11.4 Å². The van der Waals surface area contributed by atoms with E-state index >= 15 is 0 Å². The van der Waals surface area contributed by atoms with Gasteiger partial charge in [0.2, 0.25) is 0 Å². The molecule has 0 saturated carbocycles. The number of nitrogens with zero attached hydrogens (tertiary/aromatic N) is 4. The second-order valence-electron chi connectivity index (χ2n) is 14.5. The SMILES string of the molecule is CC(C)(c1ccc(O)cc1)c1ccc(Oc2ccc(-c3nc(C#N)c(C#N)nc3-c3ccc(Oc4ccc(C(C)(C)c5ccc(O)cc5)cc4)cc3)cc2)cc1. The van der Waals surface area contributed by atoms with Gasteiger partial charge in [-0.25, -0.2) is 9.97 Å². The summed E-state index contributed by atoms with van der Waals surface area (Å²) < 4.78 is 12.4. The van der Waals surface area contributed by atoms with Gasteiger partial charge in [-0.2, -0.15) is 10.5 Å². The summed E-state index contributed by atoms with van der Waals surface area (Å²) in [7, 11) is 0. The minimum absolute atomic E-state index is 0.0566. The van der Waals surface area contributed by atoms with Crippen molar-refractivity contribution < 1.29 is 19.7 Å². The third-order valence-electron chi connectivity index (χ3n) is 10.2. The van der Waals surface area contributed by atoms with Crippen LogP contribution in [0.4, 0.5) is 0 Å². The van der Waals surface area contributed by atoms with E-state index in [1.165, 1.54) is 0 Å². The third-order valence-corrected chi connectivity index (χ3v) is 10.2. The first-order valence-corrected chi connectivity index (χ1v) is 18.0. The summed E-state index contributed by atoms with van der Waals surface area (Å²) in [6, 6.07) is 49.1. The molecule has 0 aliphatic rings. The molecule has 7 aromatic rings. The highest BCUT2D eigenvalue weighted by atomic mass is 16.5. The number of benzene rings is 6. The van der Waals surface area contributed by atoms with Crippen LogP contribution in [0.5, 0.6) is 34.5 Å². The number of hydrogen-bond donors (Lipinski definition) is 2. The number of phenolic OH excluding ortho intramolecular Hbond substituents is 2. The molecule has 1 heterocycles. The number of aromatic nitrogens is 2. The molecule has 0 bridgehead atoms. The normalized spacial score (nSPS) is 11.3. The summed E-state index contributed by atoms with van der Waals surface area (Å²) in [5, 5.41) is 39.0. The number of ether oxygens (including phenoxy) is 2. The van der Waals surface area contributed by atoms with Crippen LogP contribution in [0.3, 0.4) is 0 Å². The van der Waals surface area contributed by atoms with E-state index in [0.29, 0.717) is 45.5 Å². The van der Waals surface area contributed by atoms with Crippen molar-refractivity contribution in [1.82, 2.24) is 9.97 Å². The molecule has 0 radical (unpaired) electrons. The lowest BCUT2D eigenvalue weighted by molar-refractivity contribution is 0.473. The van der Waals surface area contributed by atoms with Gasteiger partial charge in [-0.1, -0.05) is 76.2 Å². The van der Waals surface area contributed by atoms with Gasteiger partial charge < -0.3 is 19.7 Å². The van der Waals surface area contributed by atoms with E-state index in [0.717, 1.165) is 22.3 Å². The lowest BCUT2D eigenvalue weighted by atomic mass is 9.78. The van der Waals surface area contributed by atoms with Crippen LogP contribution in [0.2, 0.25) is 0 Å². The van der Waals surface area contributed by atoms with Crippen molar-refractivity contribution in [3.63, 3.8) is 0 Å². The first-order chi connectivity index (χ1) is 26.9. The maximum atomic E-state index is 9.78. The van der Waals surface area contributed by atoms with Crippen LogP contribution >= 0.6 is 0 Å². The van der Waals surface area contributed by atoms with Crippen LogP contribution in [0.1, 0.15) is 61.3 Å². The Balaban J connectivity index is 1.08. The predicted molar refractivity (Wildman–Crippen MR) is 216 cm³/mol. The summed E-state index contributed by atoms with van der Waals surface area (Å²) in [5.41, 5.74) is 6.02. The van der Waals surface area contributed by atoms with Crippen molar-refractivity contribution in [2.75, 3.05) is 0 Å². The number of rotatable bonds is 10. The molecule has 0 atom stereocenters. The smallest absolute Gasteiger partial charge is 0.177 e. The number of phenols is 2. The Morgan fingerprint density at radius 3 is 0.929 bits per heavy atom. The van der Waals surface area contributed by atoms with E-state index in [2.05, 4.69) is 37.7 Å². The zero-order valence-electron chi connectivity index (χ0n) is 31.4. The van der Waals surface area contributed by atoms with Crippen molar-refractivity contribution in [3.05, 3.63) is 179 Å². The van der Waals surface area contributed by atoms with Crippen molar-refractivity contribution in [3.8, 4) is 69.2 Å². The van der Waals surface area contributed by atoms with Crippen LogP contribution in [0.15, 0.2) is 146 Å². The summed E-state index contributed by atoms with van der Waals surface area (Å²) in [6.07, 6.45) is 0. The minimum Gasteiger partial charge on any atom is -0.508 e. The quantitative estimate of drug-likeness (QED) is 0.142. The molecule has 0 spiro atoms.